The van der Waals surface area contributed by atoms with Gasteiger partial charge in [-0.25, -0.2) is 0 Å². The lowest BCUT2D eigenvalue weighted by atomic mass is 10.3. The number of hydrogen-bond acceptors (Lipinski definition) is 6. The molecular weight excluding hydrogens is 240 g/mol. The number of phenols is 1. The summed E-state index contributed by atoms with van der Waals surface area (Å²) in [6.45, 7) is 0.425. The molecule has 1 aromatic rings. The molecule has 0 aliphatic carbocycles. The Bertz CT molecular complexity index is 265. The topological polar surface area (TPSA) is 110 Å². The third kappa shape index (κ3) is 12.9. The maximum atomic E-state index is 8.63. The van der Waals surface area contributed by atoms with Gasteiger partial charge >= 0.3 is 0 Å². The van der Waals surface area contributed by atoms with E-state index in [9.17, 15) is 0 Å². The minimum Gasteiger partial charge on any atom is -0.508 e. The van der Waals surface area contributed by atoms with Crippen LogP contribution in [0, 0.1) is 0 Å². The van der Waals surface area contributed by atoms with Crippen molar-refractivity contribution < 1.29 is 30.3 Å². The lowest BCUT2D eigenvalue weighted by Gasteiger charge is -2.05. The van der Waals surface area contributed by atoms with E-state index in [4.69, 9.17) is 30.3 Å². The third-order valence-electron chi connectivity index (χ3n) is 1.80. The summed E-state index contributed by atoms with van der Waals surface area (Å²) >= 11 is 0. The second-order valence-electron chi connectivity index (χ2n) is 3.49. The molecule has 0 aliphatic rings. The predicted molar refractivity (Wildman–Crippen MR) is 64.6 cm³/mol. The highest BCUT2D eigenvalue weighted by Crippen LogP contribution is 2.02. The Kier molecular flexibility index (Phi) is 10.2. The fraction of sp³-hybridized carbons (Fsp3) is 0.500. The van der Waals surface area contributed by atoms with Gasteiger partial charge in [-0.3, -0.25) is 0 Å². The highest BCUT2D eigenvalue weighted by atomic mass is 16.5. The fourth-order valence-electron chi connectivity index (χ4n) is 0.908. The molecule has 6 nitrogen and oxygen atoms in total. The molecule has 0 spiro atoms. The van der Waals surface area contributed by atoms with Crippen LogP contribution in [0.25, 0.3) is 0 Å². The number of ether oxygens (including phenoxy) is 1. The summed E-state index contributed by atoms with van der Waals surface area (Å²) in [7, 11) is 0. The summed E-state index contributed by atoms with van der Waals surface area (Å²) in [4.78, 5) is 0. The molecule has 5 N–H and O–H groups in total. The van der Waals surface area contributed by atoms with Crippen molar-refractivity contribution in [2.24, 2.45) is 0 Å². The first kappa shape index (κ1) is 16.8. The van der Waals surface area contributed by atoms with Gasteiger partial charge in [0.15, 0.2) is 12.6 Å². The van der Waals surface area contributed by atoms with Crippen LogP contribution >= 0.6 is 0 Å². The molecule has 0 heterocycles. The molecule has 0 aliphatic heterocycles. The first-order valence-electron chi connectivity index (χ1n) is 5.56. The molecule has 0 saturated heterocycles. The minimum absolute atomic E-state index is 0.140. The molecule has 0 saturated carbocycles. The van der Waals surface area contributed by atoms with Crippen LogP contribution in [0.5, 0.6) is 5.75 Å². The van der Waals surface area contributed by atoms with Gasteiger partial charge in [-0.05, 0) is 12.1 Å². The van der Waals surface area contributed by atoms with E-state index >= 15 is 0 Å². The number of aromatic hydroxyl groups is 1. The van der Waals surface area contributed by atoms with Gasteiger partial charge in [-0.2, -0.15) is 0 Å². The summed E-state index contributed by atoms with van der Waals surface area (Å²) in [6.07, 6.45) is -2.42. The molecule has 0 bridgehead atoms. The van der Waals surface area contributed by atoms with E-state index in [0.29, 0.717) is 5.75 Å². The van der Waals surface area contributed by atoms with E-state index < -0.39 is 12.6 Å². The number of hydrogen-bond donors (Lipinski definition) is 5. The van der Waals surface area contributed by atoms with E-state index in [1.165, 1.54) is 0 Å². The van der Waals surface area contributed by atoms with E-state index in [2.05, 4.69) is 0 Å². The van der Waals surface area contributed by atoms with Gasteiger partial charge in [-0.15, -0.1) is 0 Å². The largest absolute Gasteiger partial charge is 0.508 e. The molecule has 18 heavy (non-hydrogen) atoms. The number of phenolic OH excluding ortho intramolecular Hbond substituents is 1. The SMILES string of the molecule is OC(O)CCOCCC(O)O.Oc1ccccc1. The van der Waals surface area contributed by atoms with E-state index in [1.807, 2.05) is 6.07 Å². The Labute approximate surface area is 106 Å². The van der Waals surface area contributed by atoms with Crippen LogP contribution in [0.1, 0.15) is 12.8 Å². The molecule has 0 atom stereocenters. The van der Waals surface area contributed by atoms with Crippen molar-refractivity contribution in [3.05, 3.63) is 30.3 Å². The first-order chi connectivity index (χ1) is 8.52. The van der Waals surface area contributed by atoms with Gasteiger partial charge in [-0.1, -0.05) is 18.2 Å². The number of aliphatic hydroxyl groups excluding tert-OH is 2. The zero-order valence-electron chi connectivity index (χ0n) is 10.0. The Morgan fingerprint density at radius 2 is 1.28 bits per heavy atom. The van der Waals surface area contributed by atoms with Crippen LogP contribution in [0.15, 0.2) is 30.3 Å². The van der Waals surface area contributed by atoms with Crippen molar-refractivity contribution in [2.45, 2.75) is 25.4 Å². The second-order valence-corrected chi connectivity index (χ2v) is 3.49. The van der Waals surface area contributed by atoms with Crippen LogP contribution in [0.4, 0.5) is 0 Å². The monoisotopic (exact) mass is 260 g/mol. The molecule has 1 aromatic carbocycles. The molecule has 0 fully saturated rings. The Balaban J connectivity index is 0.000000351. The quantitative estimate of drug-likeness (QED) is 0.358. The highest BCUT2D eigenvalue weighted by molar-refractivity contribution is 5.18. The zero-order chi connectivity index (χ0) is 13.8. The molecule has 1 rings (SSSR count). The molecule has 0 unspecified atom stereocenters. The number of para-hydroxylation sites is 1. The zero-order valence-corrected chi connectivity index (χ0v) is 10.0. The average molecular weight is 260 g/mol. The van der Waals surface area contributed by atoms with Crippen LogP contribution in [0.3, 0.4) is 0 Å². The molecule has 0 amide bonds. The van der Waals surface area contributed by atoms with Gasteiger partial charge in [0.1, 0.15) is 5.75 Å². The molecule has 0 aromatic heterocycles. The standard InChI is InChI=1S/C6H14O5.C6H6O/c7-5(8)1-3-11-4-2-6(9)10;7-6-4-2-1-3-5-6/h5-10H,1-4H2;1-5,7H. The number of benzene rings is 1. The third-order valence-corrected chi connectivity index (χ3v) is 1.80. The van der Waals surface area contributed by atoms with Crippen molar-refractivity contribution in [3.63, 3.8) is 0 Å². The normalized spacial score (nSPS) is 10.3. The maximum Gasteiger partial charge on any atom is 0.153 e. The van der Waals surface area contributed by atoms with Crippen molar-refractivity contribution in [1.82, 2.24) is 0 Å². The van der Waals surface area contributed by atoms with Crippen LogP contribution in [0.2, 0.25) is 0 Å². The van der Waals surface area contributed by atoms with Crippen molar-refractivity contribution >= 4 is 0 Å². The van der Waals surface area contributed by atoms with E-state index in [-0.39, 0.29) is 26.1 Å². The summed E-state index contributed by atoms with van der Waals surface area (Å²) in [5.41, 5.74) is 0. The Morgan fingerprint density at radius 1 is 0.833 bits per heavy atom. The van der Waals surface area contributed by atoms with Crippen molar-refractivity contribution in [1.29, 1.82) is 0 Å². The van der Waals surface area contributed by atoms with Crippen LogP contribution < -0.4 is 0 Å². The Morgan fingerprint density at radius 3 is 1.56 bits per heavy atom. The predicted octanol–water partition coefficient (Wildman–Crippen LogP) is -0.203. The van der Waals surface area contributed by atoms with Gasteiger partial charge in [0.05, 0.1) is 13.2 Å². The van der Waals surface area contributed by atoms with Gasteiger partial charge in [0, 0.05) is 12.8 Å². The van der Waals surface area contributed by atoms with E-state index in [0.717, 1.165) is 0 Å². The lowest BCUT2D eigenvalue weighted by Crippen LogP contribution is -2.12. The molecular formula is C12H20O6. The highest BCUT2D eigenvalue weighted by Gasteiger charge is 1.98. The van der Waals surface area contributed by atoms with Gasteiger partial charge in [0.25, 0.3) is 0 Å². The summed E-state index contributed by atoms with van der Waals surface area (Å²) in [5, 5.41) is 42.0. The molecule has 6 heteroatoms. The van der Waals surface area contributed by atoms with Gasteiger partial charge in [0.2, 0.25) is 0 Å². The summed E-state index contributed by atoms with van der Waals surface area (Å²) < 4.78 is 4.82. The lowest BCUT2D eigenvalue weighted by molar-refractivity contribution is -0.0769. The Hall–Kier alpha value is -1.18. The van der Waals surface area contributed by atoms with Gasteiger partial charge < -0.3 is 30.3 Å². The van der Waals surface area contributed by atoms with Crippen molar-refractivity contribution in [3.8, 4) is 5.75 Å². The summed E-state index contributed by atoms with van der Waals surface area (Å²) in [6, 6.07) is 8.71. The minimum atomic E-state index is -1.35. The summed E-state index contributed by atoms with van der Waals surface area (Å²) in [5.74, 6) is 0.322. The number of aliphatic hydroxyl groups is 4. The number of rotatable bonds is 6. The smallest absolute Gasteiger partial charge is 0.153 e. The van der Waals surface area contributed by atoms with Crippen molar-refractivity contribution in [2.75, 3.05) is 13.2 Å². The molecule has 104 valence electrons. The molecule has 0 radical (unpaired) electrons. The van der Waals surface area contributed by atoms with Crippen LogP contribution in [-0.2, 0) is 4.74 Å². The maximum absolute atomic E-state index is 8.63. The second kappa shape index (κ2) is 10.9. The first-order valence-corrected chi connectivity index (χ1v) is 5.56. The average Bonchev–Trinajstić information content (AvgIpc) is 2.29. The van der Waals surface area contributed by atoms with Crippen LogP contribution in [-0.4, -0.2) is 51.3 Å². The van der Waals surface area contributed by atoms with E-state index in [1.54, 1.807) is 24.3 Å². The fourth-order valence-corrected chi connectivity index (χ4v) is 0.908.